The van der Waals surface area contributed by atoms with Gasteiger partial charge in [0.25, 0.3) is 0 Å². The van der Waals surface area contributed by atoms with E-state index in [9.17, 15) is 0 Å². The Hall–Kier alpha value is -2.36. The molecule has 1 N–H and O–H groups in total. The molecule has 1 fully saturated rings. The van der Waals surface area contributed by atoms with E-state index in [2.05, 4.69) is 69.6 Å². The van der Waals surface area contributed by atoms with E-state index in [-0.39, 0.29) is 0 Å². The molecule has 4 heteroatoms. The van der Waals surface area contributed by atoms with Crippen LogP contribution in [0, 0.1) is 6.92 Å². The Balaban J connectivity index is 0.000000706. The lowest BCUT2D eigenvalue weighted by atomic mass is 10.00. The van der Waals surface area contributed by atoms with E-state index in [1.807, 2.05) is 6.20 Å². The normalized spacial score (nSPS) is 13.5. The summed E-state index contributed by atoms with van der Waals surface area (Å²) in [6.07, 6.45) is 5.50. The number of nitrogens with zero attached hydrogens (tertiary/aromatic N) is 3. The zero-order chi connectivity index (χ0) is 20.3. The smallest absolute Gasteiger partial charge is 0.138 e. The molecular weight excluding hydrogens is 344 g/mol. The highest BCUT2D eigenvalue weighted by Crippen LogP contribution is 2.35. The topological polar surface area (TPSA) is 44.8 Å². The van der Waals surface area contributed by atoms with Gasteiger partial charge in [-0.25, -0.2) is 9.97 Å². The molecule has 28 heavy (non-hydrogen) atoms. The fourth-order valence-corrected chi connectivity index (χ4v) is 3.46. The fourth-order valence-electron chi connectivity index (χ4n) is 3.46. The molecule has 4 rings (SSSR count). The molecule has 4 heterocycles. The van der Waals surface area contributed by atoms with Gasteiger partial charge in [-0.15, -0.1) is 0 Å². The number of rotatable bonds is 4. The number of hydrogen-bond acceptors (Lipinski definition) is 3. The first-order valence-corrected chi connectivity index (χ1v) is 10.7. The fraction of sp³-hybridized carbons (Fsp3) is 0.500. The Morgan fingerprint density at radius 2 is 1.82 bits per heavy atom. The van der Waals surface area contributed by atoms with Crippen molar-refractivity contribution in [1.29, 1.82) is 0 Å². The third-order valence-electron chi connectivity index (χ3n) is 5.20. The van der Waals surface area contributed by atoms with Crippen molar-refractivity contribution < 1.29 is 0 Å². The van der Waals surface area contributed by atoms with Gasteiger partial charge in [-0.2, -0.15) is 0 Å². The van der Waals surface area contributed by atoms with E-state index in [0.29, 0.717) is 5.92 Å². The minimum Gasteiger partial charge on any atom is -0.360 e. The van der Waals surface area contributed by atoms with Crippen LogP contribution in [0.25, 0.3) is 22.3 Å². The summed E-state index contributed by atoms with van der Waals surface area (Å²) in [6.45, 7) is 15.1. The van der Waals surface area contributed by atoms with Gasteiger partial charge in [-0.1, -0.05) is 41.0 Å². The van der Waals surface area contributed by atoms with E-state index in [1.54, 1.807) is 0 Å². The second-order valence-electron chi connectivity index (χ2n) is 8.03. The van der Waals surface area contributed by atoms with Crippen molar-refractivity contribution in [2.75, 3.05) is 18.0 Å². The molecule has 0 unspecified atom stereocenters. The minimum absolute atomic E-state index is 0.432. The predicted molar refractivity (Wildman–Crippen MR) is 120 cm³/mol. The van der Waals surface area contributed by atoms with Crippen molar-refractivity contribution in [2.24, 2.45) is 0 Å². The number of H-pyrrole nitrogens is 1. The molecule has 1 aliphatic heterocycles. The number of fused-ring (bicyclic) bond motifs is 1. The third-order valence-corrected chi connectivity index (χ3v) is 5.20. The zero-order valence-corrected chi connectivity index (χ0v) is 18.3. The highest BCUT2D eigenvalue weighted by molar-refractivity contribution is 5.86. The Morgan fingerprint density at radius 3 is 2.39 bits per heavy atom. The lowest BCUT2D eigenvalue weighted by Gasteiger charge is -2.34. The van der Waals surface area contributed by atoms with Crippen LogP contribution in [0.2, 0.25) is 0 Å². The average Bonchev–Trinajstić information content (AvgIpc) is 3.00. The van der Waals surface area contributed by atoms with Crippen LogP contribution in [0.15, 0.2) is 24.4 Å². The van der Waals surface area contributed by atoms with Crippen molar-refractivity contribution in [1.82, 2.24) is 15.0 Å². The summed E-state index contributed by atoms with van der Waals surface area (Å²) in [7, 11) is 0. The minimum atomic E-state index is 0.432. The first kappa shape index (κ1) is 20.4. The summed E-state index contributed by atoms with van der Waals surface area (Å²) < 4.78 is 0. The van der Waals surface area contributed by atoms with Crippen LogP contribution in [0.3, 0.4) is 0 Å². The van der Waals surface area contributed by atoms with Crippen LogP contribution in [-0.4, -0.2) is 28.0 Å². The van der Waals surface area contributed by atoms with Gasteiger partial charge in [0, 0.05) is 30.5 Å². The number of pyridine rings is 2. The van der Waals surface area contributed by atoms with E-state index < -0.39 is 0 Å². The summed E-state index contributed by atoms with van der Waals surface area (Å²) in [5, 5.41) is 0. The number of nitrogens with one attached hydrogen (secondary N) is 1. The molecule has 0 radical (unpaired) electrons. The molecule has 3 aromatic rings. The van der Waals surface area contributed by atoms with Gasteiger partial charge in [0.2, 0.25) is 0 Å². The van der Waals surface area contributed by atoms with Crippen molar-refractivity contribution in [3.63, 3.8) is 0 Å². The van der Waals surface area contributed by atoms with Crippen LogP contribution in [-0.2, 0) is 6.42 Å². The molecule has 0 aliphatic carbocycles. The lowest BCUT2D eigenvalue weighted by molar-refractivity contribution is 0.607. The second-order valence-corrected chi connectivity index (χ2v) is 8.03. The van der Waals surface area contributed by atoms with Gasteiger partial charge in [0.1, 0.15) is 5.82 Å². The van der Waals surface area contributed by atoms with Gasteiger partial charge < -0.3 is 9.88 Å². The molecular formula is C24H34N4. The molecule has 0 atom stereocenters. The molecule has 1 saturated heterocycles. The van der Waals surface area contributed by atoms with Gasteiger partial charge in [0.15, 0.2) is 0 Å². The first-order valence-electron chi connectivity index (χ1n) is 10.7. The first-order chi connectivity index (χ1) is 13.5. The maximum atomic E-state index is 5.05. The van der Waals surface area contributed by atoms with Gasteiger partial charge in [-0.3, -0.25) is 0 Å². The van der Waals surface area contributed by atoms with Crippen molar-refractivity contribution in [3.05, 3.63) is 41.2 Å². The maximum Gasteiger partial charge on any atom is 0.138 e. The van der Waals surface area contributed by atoms with Crippen molar-refractivity contribution in [3.8, 4) is 11.3 Å². The number of aryl methyl sites for hydroxylation is 2. The SMILES string of the molecule is CCC.CCc1cc2[nH]cc(C)c2nc1-c1ccc(C(C)C)nc1N1CCC1. The number of aromatic amines is 1. The summed E-state index contributed by atoms with van der Waals surface area (Å²) in [4.78, 5) is 15.8. The number of anilines is 1. The van der Waals surface area contributed by atoms with Crippen LogP contribution in [0.1, 0.15) is 70.2 Å². The number of hydrogen-bond donors (Lipinski definition) is 1. The van der Waals surface area contributed by atoms with Gasteiger partial charge in [-0.05, 0) is 55.0 Å². The van der Waals surface area contributed by atoms with Gasteiger partial charge >= 0.3 is 0 Å². The van der Waals surface area contributed by atoms with Crippen LogP contribution < -0.4 is 4.90 Å². The van der Waals surface area contributed by atoms with Crippen LogP contribution in [0.4, 0.5) is 5.82 Å². The summed E-state index contributed by atoms with van der Waals surface area (Å²) >= 11 is 0. The maximum absolute atomic E-state index is 5.05. The van der Waals surface area contributed by atoms with E-state index in [1.165, 1.54) is 29.5 Å². The Bertz CT molecular complexity index is 935. The lowest BCUT2D eigenvalue weighted by Crippen LogP contribution is -2.38. The Morgan fingerprint density at radius 1 is 1.11 bits per heavy atom. The molecule has 3 aromatic heterocycles. The van der Waals surface area contributed by atoms with Crippen LogP contribution >= 0.6 is 0 Å². The molecule has 150 valence electrons. The average molecular weight is 379 g/mol. The largest absolute Gasteiger partial charge is 0.360 e. The van der Waals surface area contributed by atoms with E-state index in [0.717, 1.165) is 47.7 Å². The molecule has 1 aliphatic rings. The highest BCUT2D eigenvalue weighted by Gasteiger charge is 2.23. The Kier molecular flexibility index (Phi) is 6.38. The summed E-state index contributed by atoms with van der Waals surface area (Å²) in [5.41, 5.74) is 8.06. The molecule has 0 saturated carbocycles. The second kappa shape index (κ2) is 8.76. The van der Waals surface area contributed by atoms with Crippen LogP contribution in [0.5, 0.6) is 0 Å². The summed E-state index contributed by atoms with van der Waals surface area (Å²) in [6, 6.07) is 6.64. The zero-order valence-electron chi connectivity index (χ0n) is 18.3. The molecule has 0 aromatic carbocycles. The Labute approximate surface area is 169 Å². The molecule has 0 amide bonds. The van der Waals surface area contributed by atoms with E-state index >= 15 is 0 Å². The predicted octanol–water partition coefficient (Wildman–Crippen LogP) is 6.25. The van der Waals surface area contributed by atoms with Gasteiger partial charge in [0.05, 0.1) is 16.7 Å². The van der Waals surface area contributed by atoms with Crippen molar-refractivity contribution in [2.45, 2.75) is 66.7 Å². The van der Waals surface area contributed by atoms with E-state index in [4.69, 9.17) is 9.97 Å². The highest BCUT2D eigenvalue weighted by atomic mass is 15.2. The quantitative estimate of drug-likeness (QED) is 0.584. The summed E-state index contributed by atoms with van der Waals surface area (Å²) in [5.74, 6) is 1.54. The molecule has 0 bridgehead atoms. The molecule has 4 nitrogen and oxygen atoms in total. The standard InChI is InChI=1S/C21H26N4.C3H8/c1-5-15-11-18-19(14(4)12-22-18)24-20(15)16-7-8-17(13(2)3)23-21(16)25-9-6-10-25;1-3-2/h7-8,11-13,22H,5-6,9-10H2,1-4H3;3H2,1-2H3. The monoisotopic (exact) mass is 378 g/mol. The third kappa shape index (κ3) is 3.91. The van der Waals surface area contributed by atoms with Crippen molar-refractivity contribution >= 4 is 16.9 Å². The number of aromatic nitrogens is 3. The molecule has 0 spiro atoms.